The van der Waals surface area contributed by atoms with E-state index in [1.54, 1.807) is 0 Å². The molecule has 2 aliphatic rings. The van der Waals surface area contributed by atoms with Crippen molar-refractivity contribution < 1.29 is 9.47 Å². The summed E-state index contributed by atoms with van der Waals surface area (Å²) in [5, 5.41) is 3.18. The number of hydrogen-bond donors (Lipinski definition) is 2. The smallest absolute Gasteiger partial charge is 0.193 e. The summed E-state index contributed by atoms with van der Waals surface area (Å²) in [5.74, 6) is 1.05. The first kappa shape index (κ1) is 19.5. The minimum Gasteiger partial charge on any atom is -0.381 e. The zero-order valence-corrected chi connectivity index (χ0v) is 16.5. The van der Waals surface area contributed by atoms with E-state index in [1.165, 1.54) is 30.4 Å². The van der Waals surface area contributed by atoms with Gasteiger partial charge in [-0.25, -0.2) is 0 Å². The fraction of sp³-hybridized carbons (Fsp3) is 0.611. The number of halogens is 1. The molecule has 0 radical (unpaired) electrons. The van der Waals surface area contributed by atoms with E-state index in [0.717, 1.165) is 45.0 Å². The number of benzene rings is 1. The van der Waals surface area contributed by atoms with E-state index in [-0.39, 0.29) is 24.0 Å². The maximum atomic E-state index is 5.95. The van der Waals surface area contributed by atoms with Crippen LogP contribution >= 0.6 is 24.0 Å². The van der Waals surface area contributed by atoms with Crippen molar-refractivity contribution in [1.29, 1.82) is 0 Å². The second-order valence-corrected chi connectivity index (χ2v) is 6.39. The van der Waals surface area contributed by atoms with Crippen molar-refractivity contribution in [3.8, 4) is 0 Å². The van der Waals surface area contributed by atoms with Crippen molar-refractivity contribution in [2.45, 2.75) is 32.1 Å². The Hall–Kier alpha value is -0.860. The summed E-state index contributed by atoms with van der Waals surface area (Å²) in [5.41, 5.74) is 9.88. The number of aryl methyl sites for hydroxylation is 2. The number of anilines is 1. The van der Waals surface area contributed by atoms with E-state index in [4.69, 9.17) is 15.2 Å². The lowest BCUT2D eigenvalue weighted by Gasteiger charge is -2.09. The van der Waals surface area contributed by atoms with E-state index < -0.39 is 0 Å². The van der Waals surface area contributed by atoms with Crippen molar-refractivity contribution >= 4 is 35.6 Å². The first-order chi connectivity index (χ1) is 11.3. The van der Waals surface area contributed by atoms with Crippen LogP contribution in [0, 0.1) is 5.92 Å². The Kier molecular flexibility index (Phi) is 8.28. The summed E-state index contributed by atoms with van der Waals surface area (Å²) in [4.78, 5) is 4.36. The average Bonchev–Trinajstić information content (AvgIpc) is 3.21. The SMILES string of the molecule is I.NC(=NCCCOCC1CCOC1)Nc1ccc2c(c1)CCC2. The molecule has 0 amide bonds. The molecule has 0 saturated carbocycles. The number of guanidine groups is 1. The van der Waals surface area contributed by atoms with Crippen LogP contribution in [0.15, 0.2) is 23.2 Å². The maximum Gasteiger partial charge on any atom is 0.193 e. The quantitative estimate of drug-likeness (QED) is 0.293. The Labute approximate surface area is 161 Å². The van der Waals surface area contributed by atoms with Gasteiger partial charge in [0.25, 0.3) is 0 Å². The summed E-state index contributed by atoms with van der Waals surface area (Å²) in [6, 6.07) is 6.47. The number of fused-ring (bicyclic) bond motifs is 1. The fourth-order valence-corrected chi connectivity index (χ4v) is 3.17. The fourth-order valence-electron chi connectivity index (χ4n) is 3.17. The van der Waals surface area contributed by atoms with Gasteiger partial charge in [0.15, 0.2) is 5.96 Å². The van der Waals surface area contributed by atoms with Gasteiger partial charge in [-0.2, -0.15) is 0 Å². The van der Waals surface area contributed by atoms with Gasteiger partial charge in [-0.3, -0.25) is 4.99 Å². The van der Waals surface area contributed by atoms with Crippen LogP contribution in [0.25, 0.3) is 0 Å². The summed E-state index contributed by atoms with van der Waals surface area (Å²) < 4.78 is 11.0. The van der Waals surface area contributed by atoms with Crippen LogP contribution in [-0.4, -0.2) is 38.9 Å². The molecular weight excluding hydrogens is 417 g/mol. The molecule has 3 N–H and O–H groups in total. The summed E-state index contributed by atoms with van der Waals surface area (Å²) in [6.45, 7) is 3.93. The second-order valence-electron chi connectivity index (χ2n) is 6.39. The number of nitrogens with zero attached hydrogens (tertiary/aromatic N) is 1. The molecule has 1 saturated heterocycles. The lowest BCUT2D eigenvalue weighted by Crippen LogP contribution is -2.23. The second kappa shape index (κ2) is 10.2. The van der Waals surface area contributed by atoms with Gasteiger partial charge in [0.05, 0.1) is 13.2 Å². The molecule has 134 valence electrons. The summed E-state index contributed by atoms with van der Waals surface area (Å²) in [6.07, 6.45) is 5.64. The van der Waals surface area contributed by atoms with Crippen LogP contribution < -0.4 is 11.1 Å². The standard InChI is InChI=1S/C18H27N3O2.HI/c19-18(20-8-2-9-22-12-14-7-10-23-13-14)21-17-6-5-15-3-1-4-16(15)11-17;/h5-6,11,14H,1-4,7-10,12-13H2,(H3,19,20,21);1H. The number of aliphatic imine (C=N–C) groups is 1. The molecule has 24 heavy (non-hydrogen) atoms. The van der Waals surface area contributed by atoms with Crippen LogP contribution in [-0.2, 0) is 22.3 Å². The van der Waals surface area contributed by atoms with Gasteiger partial charge in [-0.05, 0) is 55.4 Å². The lowest BCUT2D eigenvalue weighted by molar-refractivity contribution is 0.0893. The highest BCUT2D eigenvalue weighted by Gasteiger charge is 2.15. The number of nitrogens with one attached hydrogen (secondary N) is 1. The Bertz CT molecular complexity index is 545. The van der Waals surface area contributed by atoms with E-state index in [1.807, 2.05) is 0 Å². The molecule has 0 aromatic heterocycles. The molecule has 5 nitrogen and oxygen atoms in total. The molecule has 1 atom stereocenters. The molecule has 0 bridgehead atoms. The van der Waals surface area contributed by atoms with Crippen LogP contribution in [0.4, 0.5) is 5.69 Å². The van der Waals surface area contributed by atoms with E-state index >= 15 is 0 Å². The van der Waals surface area contributed by atoms with E-state index in [9.17, 15) is 0 Å². The highest BCUT2D eigenvalue weighted by Crippen LogP contribution is 2.24. The lowest BCUT2D eigenvalue weighted by atomic mass is 10.1. The highest BCUT2D eigenvalue weighted by molar-refractivity contribution is 14.0. The van der Waals surface area contributed by atoms with E-state index in [0.29, 0.717) is 18.4 Å². The third kappa shape index (κ3) is 5.89. The minimum absolute atomic E-state index is 0. The Balaban J connectivity index is 0.00000208. The molecule has 3 rings (SSSR count). The van der Waals surface area contributed by atoms with Gasteiger partial charge < -0.3 is 20.5 Å². The molecule has 1 aliphatic heterocycles. The van der Waals surface area contributed by atoms with Gasteiger partial charge in [0.1, 0.15) is 0 Å². The zero-order chi connectivity index (χ0) is 15.9. The zero-order valence-electron chi connectivity index (χ0n) is 14.1. The van der Waals surface area contributed by atoms with Crippen molar-refractivity contribution in [2.75, 3.05) is 38.3 Å². The number of rotatable bonds is 7. The molecular formula is C18H28IN3O2. The van der Waals surface area contributed by atoms with Crippen LogP contribution in [0.3, 0.4) is 0 Å². The predicted molar refractivity (Wildman–Crippen MR) is 108 cm³/mol. The molecule has 1 aliphatic carbocycles. The highest BCUT2D eigenvalue weighted by atomic mass is 127. The third-order valence-corrected chi connectivity index (χ3v) is 4.48. The van der Waals surface area contributed by atoms with Gasteiger partial charge in [-0.15, -0.1) is 24.0 Å². The molecule has 1 unspecified atom stereocenters. The largest absolute Gasteiger partial charge is 0.381 e. The monoisotopic (exact) mass is 445 g/mol. The molecule has 6 heteroatoms. The Morgan fingerprint density at radius 3 is 3.04 bits per heavy atom. The Morgan fingerprint density at radius 2 is 2.21 bits per heavy atom. The van der Waals surface area contributed by atoms with Crippen LogP contribution in [0.2, 0.25) is 0 Å². The first-order valence-corrected chi connectivity index (χ1v) is 8.65. The van der Waals surface area contributed by atoms with Crippen molar-refractivity contribution in [1.82, 2.24) is 0 Å². The molecule has 0 spiro atoms. The molecule has 1 fully saturated rings. The van der Waals surface area contributed by atoms with Gasteiger partial charge >= 0.3 is 0 Å². The summed E-state index contributed by atoms with van der Waals surface area (Å²) in [7, 11) is 0. The number of hydrogen-bond acceptors (Lipinski definition) is 3. The molecule has 1 aromatic rings. The average molecular weight is 445 g/mol. The van der Waals surface area contributed by atoms with E-state index in [2.05, 4.69) is 28.5 Å². The maximum absolute atomic E-state index is 5.95. The third-order valence-electron chi connectivity index (χ3n) is 4.48. The minimum atomic E-state index is 0. The van der Waals surface area contributed by atoms with Crippen molar-refractivity contribution in [3.05, 3.63) is 29.3 Å². The predicted octanol–water partition coefficient (Wildman–Crippen LogP) is 2.96. The number of nitrogens with two attached hydrogens (primary N) is 1. The van der Waals surface area contributed by atoms with Gasteiger partial charge in [0, 0.05) is 31.4 Å². The Morgan fingerprint density at radius 1 is 1.33 bits per heavy atom. The topological polar surface area (TPSA) is 68.9 Å². The van der Waals surface area contributed by atoms with Crippen LogP contribution in [0.5, 0.6) is 0 Å². The first-order valence-electron chi connectivity index (χ1n) is 8.65. The normalized spacial score (nSPS) is 19.8. The van der Waals surface area contributed by atoms with Crippen molar-refractivity contribution in [2.24, 2.45) is 16.6 Å². The van der Waals surface area contributed by atoms with Crippen molar-refractivity contribution in [3.63, 3.8) is 0 Å². The number of ether oxygens (including phenoxy) is 2. The molecule has 1 aromatic carbocycles. The van der Waals surface area contributed by atoms with Gasteiger partial charge in [0.2, 0.25) is 0 Å². The van der Waals surface area contributed by atoms with Gasteiger partial charge in [-0.1, -0.05) is 6.07 Å². The van der Waals surface area contributed by atoms with Crippen LogP contribution in [0.1, 0.15) is 30.4 Å². The molecule has 1 heterocycles. The summed E-state index contributed by atoms with van der Waals surface area (Å²) >= 11 is 0.